The first-order chi connectivity index (χ1) is 11.4. The molecule has 0 spiro atoms. The minimum Gasteiger partial charge on any atom is -0.497 e. The van der Waals surface area contributed by atoms with Gasteiger partial charge in [0.05, 0.1) is 7.11 Å². The van der Waals surface area contributed by atoms with Gasteiger partial charge in [0.2, 0.25) is 0 Å². The van der Waals surface area contributed by atoms with Gasteiger partial charge in [-0.3, -0.25) is 4.79 Å². The number of anilines is 1. The summed E-state index contributed by atoms with van der Waals surface area (Å²) >= 11 is 0. The molecule has 0 aliphatic rings. The zero-order valence-electron chi connectivity index (χ0n) is 14.5. The van der Waals surface area contributed by atoms with E-state index < -0.39 is 12.0 Å². The zero-order valence-corrected chi connectivity index (χ0v) is 14.5. The molecule has 1 unspecified atom stereocenters. The number of aliphatic hydroxyl groups is 1. The fourth-order valence-electron chi connectivity index (χ4n) is 2.48. The van der Waals surface area contributed by atoms with Gasteiger partial charge < -0.3 is 20.1 Å². The maximum absolute atomic E-state index is 12.4. The minimum absolute atomic E-state index is 0.466. The quantitative estimate of drug-likeness (QED) is 0.856. The van der Waals surface area contributed by atoms with E-state index in [9.17, 15) is 9.90 Å². The van der Waals surface area contributed by atoms with Gasteiger partial charge in [-0.1, -0.05) is 29.8 Å². The Morgan fingerprint density at radius 1 is 1.25 bits per heavy atom. The van der Waals surface area contributed by atoms with E-state index >= 15 is 0 Å². The molecule has 0 fully saturated rings. The van der Waals surface area contributed by atoms with Crippen molar-refractivity contribution < 1.29 is 14.6 Å². The second kappa shape index (κ2) is 7.95. The summed E-state index contributed by atoms with van der Waals surface area (Å²) in [6.07, 6.45) is -1.26. The first kappa shape index (κ1) is 18.0. The molecule has 2 rings (SSSR count). The highest BCUT2D eigenvalue weighted by Crippen LogP contribution is 2.23. The Hall–Kier alpha value is -2.37. The number of hydrogen-bond donors (Lipinski definition) is 2. The van der Waals surface area contributed by atoms with Crippen LogP contribution in [-0.2, 0) is 11.3 Å². The zero-order chi connectivity index (χ0) is 17.7. The molecular weight excluding hydrogens is 304 g/mol. The van der Waals surface area contributed by atoms with Crippen molar-refractivity contribution in [3.05, 3.63) is 59.2 Å². The van der Waals surface area contributed by atoms with Gasteiger partial charge in [-0.15, -0.1) is 0 Å². The van der Waals surface area contributed by atoms with Crippen LogP contribution in [0.5, 0.6) is 5.75 Å². The van der Waals surface area contributed by atoms with Gasteiger partial charge in [0.25, 0.3) is 5.91 Å². The van der Waals surface area contributed by atoms with E-state index in [4.69, 9.17) is 4.74 Å². The van der Waals surface area contributed by atoms with Gasteiger partial charge in [-0.25, -0.2) is 0 Å². The summed E-state index contributed by atoms with van der Waals surface area (Å²) < 4.78 is 5.13. The predicted molar refractivity (Wildman–Crippen MR) is 95.2 cm³/mol. The normalized spacial score (nSPS) is 12.1. The Bertz CT molecular complexity index is 714. The Morgan fingerprint density at radius 2 is 2.00 bits per heavy atom. The molecule has 0 aromatic heterocycles. The molecule has 0 bridgehead atoms. The van der Waals surface area contributed by atoms with Crippen LogP contribution in [0.4, 0.5) is 5.69 Å². The number of carbonyl (C=O) groups excluding carboxylic acids is 1. The summed E-state index contributed by atoms with van der Waals surface area (Å²) in [6, 6.07) is 12.7. The van der Waals surface area contributed by atoms with E-state index in [1.165, 1.54) is 0 Å². The highest BCUT2D eigenvalue weighted by molar-refractivity contribution is 5.95. The van der Waals surface area contributed by atoms with Crippen molar-refractivity contribution in [1.82, 2.24) is 4.90 Å². The average Bonchev–Trinajstić information content (AvgIpc) is 2.56. The molecule has 5 heteroatoms. The molecule has 0 aliphatic heterocycles. The van der Waals surface area contributed by atoms with Crippen LogP contribution in [0.3, 0.4) is 0 Å². The van der Waals surface area contributed by atoms with Gasteiger partial charge >= 0.3 is 0 Å². The van der Waals surface area contributed by atoms with Crippen molar-refractivity contribution >= 4 is 11.6 Å². The fourth-order valence-corrected chi connectivity index (χ4v) is 2.48. The van der Waals surface area contributed by atoms with Gasteiger partial charge in [0.15, 0.2) is 6.10 Å². The van der Waals surface area contributed by atoms with Crippen molar-refractivity contribution in [1.29, 1.82) is 0 Å². The van der Waals surface area contributed by atoms with Crippen LogP contribution in [0.25, 0.3) is 0 Å². The van der Waals surface area contributed by atoms with E-state index in [1.54, 1.807) is 31.4 Å². The standard InChI is InChI=1S/C19H24N2O3/c1-13-8-9-17(15(10-13)12-21(2)3)20-19(23)18(22)14-6-5-7-16(11-14)24-4/h5-11,18,22H,12H2,1-4H3,(H,20,23). The van der Waals surface area contributed by atoms with Crippen LogP contribution >= 0.6 is 0 Å². The lowest BCUT2D eigenvalue weighted by molar-refractivity contribution is -0.124. The number of amides is 1. The summed E-state index contributed by atoms with van der Waals surface area (Å²) in [5.74, 6) is 0.134. The van der Waals surface area contributed by atoms with Crippen LogP contribution in [0.1, 0.15) is 22.8 Å². The summed E-state index contributed by atoms with van der Waals surface area (Å²) in [7, 11) is 5.49. The number of hydrogen-bond acceptors (Lipinski definition) is 4. The highest BCUT2D eigenvalue weighted by Gasteiger charge is 2.19. The Morgan fingerprint density at radius 3 is 2.67 bits per heavy atom. The molecule has 0 saturated heterocycles. The first-order valence-electron chi connectivity index (χ1n) is 7.78. The summed E-state index contributed by atoms with van der Waals surface area (Å²) in [5, 5.41) is 13.1. The van der Waals surface area contributed by atoms with Crippen LogP contribution in [0.15, 0.2) is 42.5 Å². The molecule has 128 valence electrons. The molecule has 0 heterocycles. The lowest BCUT2D eigenvalue weighted by atomic mass is 10.1. The summed E-state index contributed by atoms with van der Waals surface area (Å²) in [5.41, 5.74) is 3.33. The number of aryl methyl sites for hydroxylation is 1. The van der Waals surface area contributed by atoms with Gasteiger partial charge in [0, 0.05) is 12.2 Å². The number of aliphatic hydroxyl groups excluding tert-OH is 1. The van der Waals surface area contributed by atoms with Crippen LogP contribution in [0, 0.1) is 6.92 Å². The third kappa shape index (κ3) is 4.57. The molecular formula is C19H24N2O3. The molecule has 0 aliphatic carbocycles. The topological polar surface area (TPSA) is 61.8 Å². The lowest BCUT2D eigenvalue weighted by Gasteiger charge is -2.18. The van der Waals surface area contributed by atoms with Gasteiger partial charge in [-0.2, -0.15) is 0 Å². The van der Waals surface area contributed by atoms with Crippen molar-refractivity contribution in [2.45, 2.75) is 19.6 Å². The van der Waals surface area contributed by atoms with E-state index in [0.717, 1.165) is 11.1 Å². The lowest BCUT2D eigenvalue weighted by Crippen LogP contribution is -2.22. The second-order valence-electron chi connectivity index (χ2n) is 6.07. The number of rotatable bonds is 6. The number of methoxy groups -OCH3 is 1. The Kier molecular flexibility index (Phi) is 5.95. The van der Waals surface area contributed by atoms with Crippen molar-refractivity contribution in [2.24, 2.45) is 0 Å². The maximum atomic E-state index is 12.4. The van der Waals surface area contributed by atoms with Crippen LogP contribution in [-0.4, -0.2) is 37.1 Å². The van der Waals surface area contributed by atoms with Crippen LogP contribution in [0.2, 0.25) is 0 Å². The second-order valence-corrected chi connectivity index (χ2v) is 6.07. The van der Waals surface area contributed by atoms with E-state index in [0.29, 0.717) is 23.5 Å². The predicted octanol–water partition coefficient (Wildman–Crippen LogP) is 2.74. The molecule has 1 atom stereocenters. The van der Waals surface area contributed by atoms with Crippen molar-refractivity contribution in [3.63, 3.8) is 0 Å². The maximum Gasteiger partial charge on any atom is 0.257 e. The third-order valence-corrected chi connectivity index (χ3v) is 3.66. The number of benzene rings is 2. The largest absolute Gasteiger partial charge is 0.497 e. The van der Waals surface area contributed by atoms with Crippen molar-refractivity contribution in [2.75, 3.05) is 26.5 Å². The average molecular weight is 328 g/mol. The summed E-state index contributed by atoms with van der Waals surface area (Å²) in [4.78, 5) is 14.5. The Balaban J connectivity index is 2.19. The number of nitrogens with zero attached hydrogens (tertiary/aromatic N) is 1. The fraction of sp³-hybridized carbons (Fsp3) is 0.316. The third-order valence-electron chi connectivity index (χ3n) is 3.66. The molecule has 2 aromatic carbocycles. The monoisotopic (exact) mass is 328 g/mol. The molecule has 0 radical (unpaired) electrons. The smallest absolute Gasteiger partial charge is 0.257 e. The van der Waals surface area contributed by atoms with E-state index in [2.05, 4.69) is 5.32 Å². The molecule has 2 aromatic rings. The van der Waals surface area contributed by atoms with Gasteiger partial charge in [0.1, 0.15) is 5.75 Å². The molecule has 5 nitrogen and oxygen atoms in total. The first-order valence-corrected chi connectivity index (χ1v) is 7.78. The number of ether oxygens (including phenoxy) is 1. The Labute approximate surface area is 142 Å². The minimum atomic E-state index is -1.26. The number of nitrogens with one attached hydrogen (secondary N) is 1. The van der Waals surface area contributed by atoms with Crippen LogP contribution < -0.4 is 10.1 Å². The molecule has 24 heavy (non-hydrogen) atoms. The number of carbonyl (C=O) groups is 1. The highest BCUT2D eigenvalue weighted by atomic mass is 16.5. The molecule has 2 N–H and O–H groups in total. The van der Waals surface area contributed by atoms with E-state index in [-0.39, 0.29) is 0 Å². The molecule has 0 saturated carbocycles. The van der Waals surface area contributed by atoms with Gasteiger partial charge in [-0.05, 0) is 50.3 Å². The molecule has 1 amide bonds. The SMILES string of the molecule is COc1cccc(C(O)C(=O)Nc2ccc(C)cc2CN(C)C)c1. The van der Waals surface area contributed by atoms with Crippen molar-refractivity contribution in [3.8, 4) is 5.75 Å². The van der Waals surface area contributed by atoms with E-state index in [1.807, 2.05) is 44.1 Å². The summed E-state index contributed by atoms with van der Waals surface area (Å²) in [6.45, 7) is 2.71.